The van der Waals surface area contributed by atoms with Gasteiger partial charge >= 0.3 is 0 Å². The highest BCUT2D eigenvalue weighted by Crippen LogP contribution is 2.38. The van der Waals surface area contributed by atoms with E-state index in [1.54, 1.807) is 0 Å². The Balaban J connectivity index is 2.14. The molecule has 1 fully saturated rings. The third-order valence-electron chi connectivity index (χ3n) is 3.89. The first-order valence-corrected chi connectivity index (χ1v) is 7.37. The number of likely N-dealkylation sites (tertiary alicyclic amines) is 1. The highest BCUT2D eigenvalue weighted by Gasteiger charge is 2.33. The first-order chi connectivity index (χ1) is 9.13. The van der Waals surface area contributed by atoms with Crippen LogP contribution in [0.25, 0.3) is 0 Å². The molecule has 1 N–H and O–H groups in total. The maximum Gasteiger partial charge on any atom is 0.124 e. The fraction of sp³-hybridized carbons (Fsp3) is 0.600. The Morgan fingerprint density at radius 1 is 1.47 bits per heavy atom. The average molecular weight is 285 g/mol. The molecule has 19 heavy (non-hydrogen) atoms. The fourth-order valence-corrected chi connectivity index (χ4v) is 3.22. The first kappa shape index (κ1) is 14.8. The van der Waals surface area contributed by atoms with Crippen molar-refractivity contribution < 1.29 is 4.39 Å². The molecule has 1 aromatic rings. The Labute approximate surface area is 119 Å². The van der Waals surface area contributed by atoms with Crippen molar-refractivity contribution in [2.24, 2.45) is 5.92 Å². The second-order valence-electron chi connectivity index (χ2n) is 5.34. The van der Waals surface area contributed by atoms with Crippen molar-refractivity contribution in [3.8, 4) is 0 Å². The molecule has 1 aliphatic rings. The minimum absolute atomic E-state index is 0.268. The van der Waals surface area contributed by atoms with E-state index in [1.807, 2.05) is 6.07 Å². The molecule has 0 spiro atoms. The maximum atomic E-state index is 13.2. The van der Waals surface area contributed by atoms with E-state index in [0.29, 0.717) is 10.9 Å². The molecule has 0 bridgehead atoms. The minimum Gasteiger partial charge on any atom is -0.316 e. The second-order valence-corrected chi connectivity index (χ2v) is 5.75. The predicted molar refractivity (Wildman–Crippen MR) is 78.0 cm³/mol. The van der Waals surface area contributed by atoms with Crippen molar-refractivity contribution in [1.29, 1.82) is 0 Å². The van der Waals surface area contributed by atoms with Crippen LogP contribution in [-0.2, 0) is 0 Å². The van der Waals surface area contributed by atoms with Gasteiger partial charge in [-0.15, -0.1) is 0 Å². The van der Waals surface area contributed by atoms with E-state index in [-0.39, 0.29) is 11.9 Å². The van der Waals surface area contributed by atoms with Crippen molar-refractivity contribution in [3.63, 3.8) is 0 Å². The summed E-state index contributed by atoms with van der Waals surface area (Å²) >= 11 is 6.21. The molecule has 0 saturated carbocycles. The van der Waals surface area contributed by atoms with Gasteiger partial charge in [0, 0.05) is 11.1 Å². The van der Waals surface area contributed by atoms with Gasteiger partial charge < -0.3 is 5.32 Å². The summed E-state index contributed by atoms with van der Waals surface area (Å²) in [5.41, 5.74) is 1.05. The molecule has 0 aromatic heterocycles. The van der Waals surface area contributed by atoms with Gasteiger partial charge in [-0.05, 0) is 63.1 Å². The molecule has 1 heterocycles. The van der Waals surface area contributed by atoms with E-state index in [9.17, 15) is 4.39 Å². The molecular formula is C15H22ClFN2. The maximum absolute atomic E-state index is 13.2. The molecule has 2 rings (SSSR count). The van der Waals surface area contributed by atoms with Crippen LogP contribution in [0, 0.1) is 11.7 Å². The molecule has 2 nitrogen and oxygen atoms in total. The van der Waals surface area contributed by atoms with Gasteiger partial charge in [-0.3, -0.25) is 4.90 Å². The Kier molecular flexibility index (Phi) is 5.20. The Hall–Kier alpha value is -0.640. The zero-order valence-corrected chi connectivity index (χ0v) is 12.4. The Bertz CT molecular complexity index is 425. The normalized spacial score (nSPS) is 24.0. The topological polar surface area (TPSA) is 15.3 Å². The van der Waals surface area contributed by atoms with E-state index in [2.05, 4.69) is 24.2 Å². The van der Waals surface area contributed by atoms with Crippen LogP contribution in [0.15, 0.2) is 18.2 Å². The van der Waals surface area contributed by atoms with Gasteiger partial charge in [0.2, 0.25) is 0 Å². The number of hydrogen-bond donors (Lipinski definition) is 1. The van der Waals surface area contributed by atoms with Crippen molar-refractivity contribution in [2.75, 3.05) is 26.7 Å². The number of benzene rings is 1. The number of halogens is 2. The summed E-state index contributed by atoms with van der Waals surface area (Å²) in [5.74, 6) is 0.273. The van der Waals surface area contributed by atoms with Gasteiger partial charge in [0.1, 0.15) is 5.82 Å². The van der Waals surface area contributed by atoms with Gasteiger partial charge in [0.15, 0.2) is 0 Å². The van der Waals surface area contributed by atoms with E-state index in [4.69, 9.17) is 11.6 Å². The molecule has 2 atom stereocenters. The van der Waals surface area contributed by atoms with Gasteiger partial charge in [0.25, 0.3) is 0 Å². The second kappa shape index (κ2) is 6.69. The molecule has 0 radical (unpaired) electrons. The summed E-state index contributed by atoms with van der Waals surface area (Å²) in [6.07, 6.45) is 2.30. The van der Waals surface area contributed by atoms with E-state index in [0.717, 1.165) is 38.0 Å². The van der Waals surface area contributed by atoms with Crippen molar-refractivity contribution in [3.05, 3.63) is 34.6 Å². The summed E-state index contributed by atoms with van der Waals surface area (Å²) in [5, 5.41) is 4.03. The largest absolute Gasteiger partial charge is 0.316 e. The van der Waals surface area contributed by atoms with Crippen LogP contribution in [0.4, 0.5) is 4.39 Å². The van der Waals surface area contributed by atoms with Crippen LogP contribution in [0.2, 0.25) is 5.02 Å². The summed E-state index contributed by atoms with van der Waals surface area (Å²) in [7, 11) is 2.12. The molecular weight excluding hydrogens is 263 g/mol. The molecule has 4 heteroatoms. The van der Waals surface area contributed by atoms with Crippen molar-refractivity contribution in [1.82, 2.24) is 10.2 Å². The van der Waals surface area contributed by atoms with Gasteiger partial charge in [-0.1, -0.05) is 24.6 Å². The van der Waals surface area contributed by atoms with Crippen molar-refractivity contribution >= 4 is 11.6 Å². The van der Waals surface area contributed by atoms with Crippen LogP contribution >= 0.6 is 11.6 Å². The first-order valence-electron chi connectivity index (χ1n) is 6.99. The lowest BCUT2D eigenvalue weighted by Gasteiger charge is -2.26. The summed E-state index contributed by atoms with van der Waals surface area (Å²) in [4.78, 5) is 2.32. The third-order valence-corrected chi connectivity index (χ3v) is 4.22. The van der Waals surface area contributed by atoms with Gasteiger partial charge in [0.05, 0.1) is 0 Å². The summed E-state index contributed by atoms with van der Waals surface area (Å²) in [6.45, 7) is 5.28. The number of hydrogen-bond acceptors (Lipinski definition) is 2. The molecule has 1 saturated heterocycles. The highest BCUT2D eigenvalue weighted by molar-refractivity contribution is 6.31. The SMILES string of the molecule is CCCNCC1CCN(C)C1c1ccc(F)cc1Cl. The van der Waals surface area contributed by atoms with E-state index < -0.39 is 0 Å². The van der Waals surface area contributed by atoms with Crippen molar-refractivity contribution in [2.45, 2.75) is 25.8 Å². The van der Waals surface area contributed by atoms with E-state index in [1.165, 1.54) is 12.1 Å². The number of rotatable bonds is 5. The lowest BCUT2D eigenvalue weighted by molar-refractivity contribution is 0.272. The number of nitrogens with zero attached hydrogens (tertiary/aromatic N) is 1. The van der Waals surface area contributed by atoms with Crippen LogP contribution < -0.4 is 5.32 Å². The van der Waals surface area contributed by atoms with Gasteiger partial charge in [-0.25, -0.2) is 4.39 Å². The van der Waals surface area contributed by atoms with E-state index >= 15 is 0 Å². The molecule has 1 aliphatic heterocycles. The lowest BCUT2D eigenvalue weighted by atomic mass is 9.93. The Morgan fingerprint density at radius 3 is 2.95 bits per heavy atom. The Morgan fingerprint density at radius 2 is 2.26 bits per heavy atom. The standard InChI is InChI=1S/C15H22ClFN2/c1-3-7-18-10-11-6-8-19(2)15(11)13-5-4-12(17)9-14(13)16/h4-5,9,11,15,18H,3,6-8,10H2,1-2H3. The average Bonchev–Trinajstić information content (AvgIpc) is 2.72. The minimum atomic E-state index is -0.268. The highest BCUT2D eigenvalue weighted by atomic mass is 35.5. The smallest absolute Gasteiger partial charge is 0.124 e. The monoisotopic (exact) mass is 284 g/mol. The molecule has 2 unspecified atom stereocenters. The lowest BCUT2D eigenvalue weighted by Crippen LogP contribution is -2.29. The zero-order valence-electron chi connectivity index (χ0n) is 11.6. The summed E-state index contributed by atoms with van der Waals surface area (Å²) in [6, 6.07) is 5.04. The molecule has 1 aromatic carbocycles. The fourth-order valence-electron chi connectivity index (χ4n) is 2.94. The van der Waals surface area contributed by atoms with Crippen LogP contribution in [0.3, 0.4) is 0 Å². The summed E-state index contributed by atoms with van der Waals surface area (Å²) < 4.78 is 13.2. The quantitative estimate of drug-likeness (QED) is 0.833. The van der Waals surface area contributed by atoms with Crippen LogP contribution in [-0.4, -0.2) is 31.6 Å². The third kappa shape index (κ3) is 3.47. The zero-order chi connectivity index (χ0) is 13.8. The predicted octanol–water partition coefficient (Wildman–Crippen LogP) is 3.47. The molecule has 106 valence electrons. The van der Waals surface area contributed by atoms with Gasteiger partial charge in [-0.2, -0.15) is 0 Å². The number of nitrogens with one attached hydrogen (secondary N) is 1. The van der Waals surface area contributed by atoms with Crippen LogP contribution in [0.5, 0.6) is 0 Å². The molecule has 0 amide bonds. The molecule has 0 aliphatic carbocycles. The van der Waals surface area contributed by atoms with Crippen LogP contribution in [0.1, 0.15) is 31.4 Å².